The Morgan fingerprint density at radius 3 is 2.38 bits per heavy atom. The lowest BCUT2D eigenvalue weighted by atomic mass is 9.96. The molecule has 0 N–H and O–H groups in total. The summed E-state index contributed by atoms with van der Waals surface area (Å²) in [7, 11) is 0. The second kappa shape index (κ2) is 12.2. The molecule has 40 heavy (non-hydrogen) atoms. The van der Waals surface area contributed by atoms with E-state index in [2.05, 4.69) is 4.99 Å². The van der Waals surface area contributed by atoms with Crippen LogP contribution in [-0.4, -0.2) is 23.8 Å². The Bertz CT molecular complexity index is 1720. The zero-order valence-corrected chi connectivity index (χ0v) is 23.4. The van der Waals surface area contributed by atoms with Crippen molar-refractivity contribution in [3.63, 3.8) is 0 Å². The van der Waals surface area contributed by atoms with Crippen molar-refractivity contribution in [2.75, 3.05) is 13.2 Å². The van der Waals surface area contributed by atoms with E-state index in [1.807, 2.05) is 91.9 Å². The maximum Gasteiger partial charge on any atom is 0.338 e. The quantitative estimate of drug-likeness (QED) is 0.279. The van der Waals surface area contributed by atoms with E-state index in [9.17, 15) is 9.59 Å². The van der Waals surface area contributed by atoms with E-state index in [-0.39, 0.29) is 12.2 Å². The highest BCUT2D eigenvalue weighted by molar-refractivity contribution is 7.07. The zero-order valence-electron chi connectivity index (χ0n) is 22.6. The molecule has 0 bridgehead atoms. The van der Waals surface area contributed by atoms with Crippen LogP contribution in [0.4, 0.5) is 0 Å². The summed E-state index contributed by atoms with van der Waals surface area (Å²) in [4.78, 5) is 32.0. The van der Waals surface area contributed by atoms with Crippen LogP contribution in [0.15, 0.2) is 99.9 Å². The van der Waals surface area contributed by atoms with E-state index in [1.165, 1.54) is 11.3 Å². The van der Waals surface area contributed by atoms with Crippen LogP contribution in [0.5, 0.6) is 11.5 Å². The van der Waals surface area contributed by atoms with Gasteiger partial charge < -0.3 is 14.2 Å². The van der Waals surface area contributed by atoms with Crippen molar-refractivity contribution < 1.29 is 19.0 Å². The Kier molecular flexibility index (Phi) is 8.26. The van der Waals surface area contributed by atoms with Crippen LogP contribution >= 0.6 is 11.3 Å². The molecule has 0 fully saturated rings. The second-order valence-corrected chi connectivity index (χ2v) is 10.1. The molecular formula is C32H30N2O5S. The Labute approximate surface area is 236 Å². The van der Waals surface area contributed by atoms with Gasteiger partial charge in [-0.15, -0.1) is 0 Å². The van der Waals surface area contributed by atoms with E-state index in [0.29, 0.717) is 45.3 Å². The summed E-state index contributed by atoms with van der Waals surface area (Å²) in [6.45, 7) is 6.57. The number of hydrogen-bond acceptors (Lipinski definition) is 7. The first-order valence-corrected chi connectivity index (χ1v) is 14.0. The normalized spacial score (nSPS) is 14.9. The largest absolute Gasteiger partial charge is 0.490 e. The molecule has 3 aromatic carbocycles. The minimum atomic E-state index is -0.633. The highest BCUT2D eigenvalue weighted by Crippen LogP contribution is 2.31. The van der Waals surface area contributed by atoms with Gasteiger partial charge in [-0.1, -0.05) is 78.1 Å². The summed E-state index contributed by atoms with van der Waals surface area (Å²) in [6.07, 6.45) is 1.82. The summed E-state index contributed by atoms with van der Waals surface area (Å²) >= 11 is 1.29. The molecule has 8 heteroatoms. The molecule has 4 aromatic rings. The van der Waals surface area contributed by atoms with Gasteiger partial charge in [0.05, 0.1) is 35.1 Å². The fraction of sp³-hybridized carbons (Fsp3) is 0.219. The molecule has 204 valence electrons. The van der Waals surface area contributed by atoms with Crippen molar-refractivity contribution >= 4 is 23.4 Å². The van der Waals surface area contributed by atoms with Crippen LogP contribution in [0.25, 0.3) is 6.08 Å². The molecule has 0 aliphatic carbocycles. The van der Waals surface area contributed by atoms with Gasteiger partial charge in [0.25, 0.3) is 5.56 Å². The van der Waals surface area contributed by atoms with Gasteiger partial charge in [-0.05, 0) is 55.7 Å². The number of esters is 1. The standard InChI is InChI=1S/C32H30N2O5S/c1-4-37-26-18-23(16-17-25(26)39-20-22-12-8-6-9-13-22)19-27-30(35)34-29(24-14-10-7-11-15-24)28(31(36)38-5-2)21(3)33-32(34)40-27/h6-19,29H,4-5,20H2,1-3H3/b27-19+/t29-/m1/s1. The van der Waals surface area contributed by atoms with E-state index in [0.717, 1.165) is 16.7 Å². The number of rotatable bonds is 9. The number of thiazole rings is 1. The average Bonchev–Trinajstić information content (AvgIpc) is 3.27. The molecule has 2 heterocycles. The molecule has 0 spiro atoms. The van der Waals surface area contributed by atoms with Crippen LogP contribution in [-0.2, 0) is 16.1 Å². The van der Waals surface area contributed by atoms with E-state index in [4.69, 9.17) is 14.2 Å². The van der Waals surface area contributed by atoms with Gasteiger partial charge >= 0.3 is 5.97 Å². The summed E-state index contributed by atoms with van der Waals surface area (Å²) in [5, 5.41) is 0. The summed E-state index contributed by atoms with van der Waals surface area (Å²) < 4.78 is 19.3. The van der Waals surface area contributed by atoms with Gasteiger partial charge in [0.1, 0.15) is 6.61 Å². The Balaban J connectivity index is 1.55. The molecule has 0 unspecified atom stereocenters. The number of ether oxygens (including phenoxy) is 3. The molecule has 0 saturated carbocycles. The summed E-state index contributed by atoms with van der Waals surface area (Å²) in [5.41, 5.74) is 3.34. The van der Waals surface area contributed by atoms with Gasteiger partial charge in [-0.2, -0.15) is 0 Å². The number of aromatic nitrogens is 1. The third kappa shape index (κ3) is 5.62. The Morgan fingerprint density at radius 1 is 0.950 bits per heavy atom. The molecule has 7 nitrogen and oxygen atoms in total. The molecule has 0 saturated heterocycles. The molecule has 5 rings (SSSR count). The predicted octanol–water partition coefficient (Wildman–Crippen LogP) is 4.78. The number of carbonyl (C=O) groups excluding carboxylic acids is 1. The predicted molar refractivity (Wildman–Crippen MR) is 155 cm³/mol. The van der Waals surface area contributed by atoms with Crippen LogP contribution in [0.1, 0.15) is 43.5 Å². The fourth-order valence-electron chi connectivity index (χ4n) is 4.63. The SMILES string of the molecule is CCOC(=O)C1=C(C)N=c2s/c(=C/c3ccc(OCc4ccccc4)c(OCC)c3)c(=O)n2[C@@H]1c1ccccc1. The van der Waals surface area contributed by atoms with E-state index < -0.39 is 12.0 Å². The van der Waals surface area contributed by atoms with Crippen molar-refractivity contribution in [3.05, 3.63) is 127 Å². The molecule has 1 aliphatic rings. The van der Waals surface area contributed by atoms with Crippen LogP contribution in [0, 0.1) is 0 Å². The first-order valence-electron chi connectivity index (χ1n) is 13.2. The maximum atomic E-state index is 13.8. The smallest absolute Gasteiger partial charge is 0.338 e. The number of allylic oxidation sites excluding steroid dienone is 1. The van der Waals surface area contributed by atoms with E-state index in [1.54, 1.807) is 18.4 Å². The van der Waals surface area contributed by atoms with Crippen molar-refractivity contribution in [2.45, 2.75) is 33.4 Å². The number of carbonyl (C=O) groups is 1. The lowest BCUT2D eigenvalue weighted by Gasteiger charge is -2.24. The van der Waals surface area contributed by atoms with Crippen molar-refractivity contribution in [1.29, 1.82) is 0 Å². The van der Waals surface area contributed by atoms with Gasteiger partial charge in [-0.3, -0.25) is 9.36 Å². The van der Waals surface area contributed by atoms with Crippen LogP contribution in [0.2, 0.25) is 0 Å². The van der Waals surface area contributed by atoms with Gasteiger partial charge in [0.15, 0.2) is 16.3 Å². The first kappa shape index (κ1) is 27.1. The van der Waals surface area contributed by atoms with Gasteiger partial charge in [0.2, 0.25) is 0 Å². The van der Waals surface area contributed by atoms with Crippen LogP contribution < -0.4 is 24.4 Å². The van der Waals surface area contributed by atoms with Gasteiger partial charge in [0, 0.05) is 0 Å². The maximum absolute atomic E-state index is 13.8. The number of nitrogens with zero attached hydrogens (tertiary/aromatic N) is 2. The molecule has 0 amide bonds. The second-order valence-electron chi connectivity index (χ2n) is 9.13. The fourth-order valence-corrected chi connectivity index (χ4v) is 5.68. The number of fused-ring (bicyclic) bond motifs is 1. The highest BCUT2D eigenvalue weighted by Gasteiger charge is 2.33. The molecule has 1 atom stereocenters. The minimum absolute atomic E-state index is 0.228. The third-order valence-corrected chi connectivity index (χ3v) is 7.42. The van der Waals surface area contributed by atoms with E-state index >= 15 is 0 Å². The average molecular weight is 555 g/mol. The number of hydrogen-bond donors (Lipinski definition) is 0. The monoisotopic (exact) mass is 554 g/mol. The highest BCUT2D eigenvalue weighted by atomic mass is 32.1. The van der Waals surface area contributed by atoms with Crippen molar-refractivity contribution in [3.8, 4) is 11.5 Å². The minimum Gasteiger partial charge on any atom is -0.490 e. The first-order chi connectivity index (χ1) is 19.5. The molecule has 0 radical (unpaired) electrons. The molecule has 1 aliphatic heterocycles. The van der Waals surface area contributed by atoms with Gasteiger partial charge in [-0.25, -0.2) is 9.79 Å². The topological polar surface area (TPSA) is 79.1 Å². The molecular weight excluding hydrogens is 524 g/mol. The number of benzene rings is 3. The third-order valence-electron chi connectivity index (χ3n) is 6.43. The van der Waals surface area contributed by atoms with Crippen molar-refractivity contribution in [2.24, 2.45) is 4.99 Å². The lowest BCUT2D eigenvalue weighted by molar-refractivity contribution is -0.139. The molecule has 1 aromatic heterocycles. The zero-order chi connectivity index (χ0) is 28.1. The lowest BCUT2D eigenvalue weighted by Crippen LogP contribution is -2.39. The van der Waals surface area contributed by atoms with Crippen LogP contribution in [0.3, 0.4) is 0 Å². The Hall–Kier alpha value is -4.43. The Morgan fingerprint density at radius 2 is 1.68 bits per heavy atom. The summed E-state index contributed by atoms with van der Waals surface area (Å²) in [6, 6.07) is 24.4. The van der Waals surface area contributed by atoms with Crippen molar-refractivity contribution in [1.82, 2.24) is 4.57 Å². The summed E-state index contributed by atoms with van der Waals surface area (Å²) in [5.74, 6) is 0.755.